The third-order valence-electron chi connectivity index (χ3n) is 2.37. The quantitative estimate of drug-likeness (QED) is 0.684. The highest BCUT2D eigenvalue weighted by Crippen LogP contribution is 2.36. The summed E-state index contributed by atoms with van der Waals surface area (Å²) in [4.78, 5) is 11.7. The molecule has 3 heteroatoms. The van der Waals surface area contributed by atoms with Gasteiger partial charge in [-0.15, -0.1) is 23.5 Å². The number of rotatable bonds is 2. The van der Waals surface area contributed by atoms with Crippen LogP contribution in [0.25, 0.3) is 0 Å². The van der Waals surface area contributed by atoms with E-state index in [1.165, 1.54) is 0 Å². The van der Waals surface area contributed by atoms with Crippen molar-refractivity contribution >= 4 is 29.3 Å². The van der Waals surface area contributed by atoms with E-state index in [0.29, 0.717) is 0 Å². The Hall–Kier alpha value is -0.150. The van der Waals surface area contributed by atoms with Crippen LogP contribution in [-0.2, 0) is 4.79 Å². The second kappa shape index (κ2) is 5.26. The molecule has 1 aliphatic rings. The van der Waals surface area contributed by atoms with E-state index in [2.05, 4.69) is 20.8 Å². The average molecular weight is 242 g/mol. The third kappa shape index (κ3) is 4.47. The molecule has 0 atom stereocenters. The van der Waals surface area contributed by atoms with Crippen molar-refractivity contribution in [3.8, 4) is 0 Å². The zero-order valence-electron chi connectivity index (χ0n) is 9.79. The maximum absolute atomic E-state index is 11.7. The number of thioether (sulfide) groups is 2. The van der Waals surface area contributed by atoms with Gasteiger partial charge in [-0.1, -0.05) is 26.3 Å². The summed E-state index contributed by atoms with van der Waals surface area (Å²) in [6, 6.07) is 0. The lowest BCUT2D eigenvalue weighted by Crippen LogP contribution is -2.08. The topological polar surface area (TPSA) is 17.1 Å². The zero-order valence-corrected chi connectivity index (χ0v) is 11.4. The monoisotopic (exact) mass is 242 g/mol. The highest BCUT2D eigenvalue weighted by molar-refractivity contribution is 8.25. The fraction of sp³-hybridized carbons (Fsp3) is 0.583. The molecular formula is C12H18OS2. The maximum atomic E-state index is 11.7. The van der Waals surface area contributed by atoms with Crippen LogP contribution in [0.4, 0.5) is 0 Å². The van der Waals surface area contributed by atoms with Gasteiger partial charge in [0, 0.05) is 21.8 Å². The van der Waals surface area contributed by atoms with Crippen molar-refractivity contribution in [1.82, 2.24) is 0 Å². The summed E-state index contributed by atoms with van der Waals surface area (Å²) in [7, 11) is 0. The summed E-state index contributed by atoms with van der Waals surface area (Å²) in [5.74, 6) is 2.39. The van der Waals surface area contributed by atoms with Crippen LogP contribution >= 0.6 is 23.5 Å². The standard InChI is InChI=1S/C12H18OS2/c1-9(12(2,3)4)7-10(13)8-11-14-5-6-15-11/h7-8H,5-6H2,1-4H3/b9-7+. The van der Waals surface area contributed by atoms with Gasteiger partial charge in [-0.05, 0) is 18.4 Å². The minimum Gasteiger partial charge on any atom is -0.290 e. The normalized spacial score (nSPS) is 18.1. The molecule has 1 rings (SSSR count). The third-order valence-corrected chi connectivity index (χ3v) is 4.96. The van der Waals surface area contributed by atoms with E-state index in [1.54, 1.807) is 35.7 Å². The predicted octanol–water partition coefficient (Wildman–Crippen LogP) is 3.87. The van der Waals surface area contributed by atoms with Crippen LogP contribution in [0.5, 0.6) is 0 Å². The second-order valence-corrected chi connectivity index (χ2v) is 7.17. The molecule has 0 aromatic heterocycles. The van der Waals surface area contributed by atoms with E-state index in [9.17, 15) is 4.79 Å². The highest BCUT2D eigenvalue weighted by atomic mass is 32.2. The molecule has 0 bridgehead atoms. The lowest BCUT2D eigenvalue weighted by molar-refractivity contribution is -0.110. The van der Waals surface area contributed by atoms with Crippen LogP contribution < -0.4 is 0 Å². The number of hydrogen-bond acceptors (Lipinski definition) is 3. The smallest absolute Gasteiger partial charge is 0.180 e. The van der Waals surface area contributed by atoms with E-state index in [-0.39, 0.29) is 11.2 Å². The molecule has 1 aliphatic heterocycles. The first-order chi connectivity index (χ1) is 6.89. The van der Waals surface area contributed by atoms with Crippen molar-refractivity contribution in [2.24, 2.45) is 5.41 Å². The Labute approximate surface area is 101 Å². The van der Waals surface area contributed by atoms with Crippen LogP contribution in [-0.4, -0.2) is 17.3 Å². The molecule has 1 saturated heterocycles. The van der Waals surface area contributed by atoms with Crippen LogP contribution in [0, 0.1) is 5.41 Å². The van der Waals surface area contributed by atoms with Crippen molar-refractivity contribution in [3.05, 3.63) is 22.0 Å². The number of carbonyl (C=O) groups is 1. The molecule has 0 saturated carbocycles. The van der Waals surface area contributed by atoms with Gasteiger partial charge in [-0.25, -0.2) is 0 Å². The Balaban J connectivity index is 2.66. The van der Waals surface area contributed by atoms with E-state index >= 15 is 0 Å². The molecule has 1 nitrogen and oxygen atoms in total. The summed E-state index contributed by atoms with van der Waals surface area (Å²) in [5, 5.41) is 0. The molecule has 0 amide bonds. The van der Waals surface area contributed by atoms with Crippen LogP contribution in [0.3, 0.4) is 0 Å². The fourth-order valence-corrected chi connectivity index (χ4v) is 3.30. The zero-order chi connectivity index (χ0) is 11.5. The summed E-state index contributed by atoms with van der Waals surface area (Å²) < 4.78 is 1.16. The van der Waals surface area contributed by atoms with Gasteiger partial charge in [-0.3, -0.25) is 4.79 Å². The van der Waals surface area contributed by atoms with Gasteiger partial charge in [0.25, 0.3) is 0 Å². The van der Waals surface area contributed by atoms with E-state index in [0.717, 1.165) is 21.3 Å². The molecule has 1 fully saturated rings. The predicted molar refractivity (Wildman–Crippen MR) is 71.2 cm³/mol. The number of carbonyl (C=O) groups excluding carboxylic acids is 1. The molecule has 0 spiro atoms. The molecule has 0 N–H and O–H groups in total. The van der Waals surface area contributed by atoms with Crippen molar-refractivity contribution in [2.75, 3.05) is 11.5 Å². The van der Waals surface area contributed by atoms with Gasteiger partial charge in [0.15, 0.2) is 5.78 Å². The maximum Gasteiger partial charge on any atom is 0.180 e. The molecule has 0 aromatic rings. The Bertz CT molecular complexity index is 300. The highest BCUT2D eigenvalue weighted by Gasteiger charge is 2.14. The van der Waals surface area contributed by atoms with Gasteiger partial charge in [0.1, 0.15) is 0 Å². The summed E-state index contributed by atoms with van der Waals surface area (Å²) >= 11 is 3.56. The average Bonchev–Trinajstić information content (AvgIpc) is 2.54. The summed E-state index contributed by atoms with van der Waals surface area (Å²) in [5.41, 5.74) is 1.22. The van der Waals surface area contributed by atoms with Crippen LogP contribution in [0.1, 0.15) is 27.7 Å². The molecule has 0 unspecified atom stereocenters. The lowest BCUT2D eigenvalue weighted by atomic mass is 9.87. The van der Waals surface area contributed by atoms with Crippen molar-refractivity contribution in [3.63, 3.8) is 0 Å². The first kappa shape index (κ1) is 12.9. The van der Waals surface area contributed by atoms with E-state index in [1.807, 2.05) is 6.92 Å². The Kier molecular flexibility index (Phi) is 4.53. The minimum absolute atomic E-state index is 0.0874. The largest absolute Gasteiger partial charge is 0.290 e. The van der Waals surface area contributed by atoms with Crippen LogP contribution in [0.15, 0.2) is 22.0 Å². The van der Waals surface area contributed by atoms with Crippen molar-refractivity contribution in [2.45, 2.75) is 27.7 Å². The van der Waals surface area contributed by atoms with Crippen molar-refractivity contribution < 1.29 is 4.79 Å². The van der Waals surface area contributed by atoms with Gasteiger partial charge >= 0.3 is 0 Å². The first-order valence-electron chi connectivity index (χ1n) is 5.09. The SMILES string of the molecule is C/C(=C\C(=O)C=C1SCCS1)C(C)(C)C. The molecule has 0 aliphatic carbocycles. The summed E-state index contributed by atoms with van der Waals surface area (Å²) in [6.45, 7) is 8.39. The molecule has 15 heavy (non-hydrogen) atoms. The number of ketones is 1. The number of hydrogen-bond donors (Lipinski definition) is 0. The van der Waals surface area contributed by atoms with Gasteiger partial charge in [0.05, 0.1) is 0 Å². The minimum atomic E-state index is 0.0874. The second-order valence-electron chi connectivity index (χ2n) is 4.64. The number of allylic oxidation sites excluding steroid dienone is 3. The van der Waals surface area contributed by atoms with E-state index in [4.69, 9.17) is 0 Å². The molecule has 84 valence electrons. The molecule has 0 radical (unpaired) electrons. The van der Waals surface area contributed by atoms with Crippen LogP contribution in [0.2, 0.25) is 0 Å². The van der Waals surface area contributed by atoms with E-state index < -0.39 is 0 Å². The van der Waals surface area contributed by atoms with Gasteiger partial charge in [-0.2, -0.15) is 0 Å². The molecule has 1 heterocycles. The lowest BCUT2D eigenvalue weighted by Gasteiger charge is -2.18. The van der Waals surface area contributed by atoms with Gasteiger partial charge in [0.2, 0.25) is 0 Å². The summed E-state index contributed by atoms with van der Waals surface area (Å²) in [6.07, 6.45) is 3.52. The molecular weight excluding hydrogens is 224 g/mol. The van der Waals surface area contributed by atoms with Gasteiger partial charge < -0.3 is 0 Å². The first-order valence-corrected chi connectivity index (χ1v) is 7.07. The molecule has 0 aromatic carbocycles. The van der Waals surface area contributed by atoms with Crippen molar-refractivity contribution in [1.29, 1.82) is 0 Å². The Morgan fingerprint density at radius 2 is 1.80 bits per heavy atom. The Morgan fingerprint density at radius 3 is 2.27 bits per heavy atom. The Morgan fingerprint density at radius 1 is 1.27 bits per heavy atom. The fourth-order valence-electron chi connectivity index (χ4n) is 0.997.